The Morgan fingerprint density at radius 1 is 1.29 bits per heavy atom. The van der Waals surface area contributed by atoms with Crippen LogP contribution in [0.15, 0.2) is 0 Å². The van der Waals surface area contributed by atoms with E-state index in [0.29, 0.717) is 0 Å². The minimum atomic E-state index is -0.142. The van der Waals surface area contributed by atoms with Crippen molar-refractivity contribution in [3.05, 3.63) is 0 Å². The third kappa shape index (κ3) is 5.84. The van der Waals surface area contributed by atoms with Gasteiger partial charge in [0.25, 0.3) is 0 Å². The topological polar surface area (TPSA) is 32.3 Å². The molecular formula is C11H24N2O. The van der Waals surface area contributed by atoms with E-state index in [1.165, 1.54) is 0 Å². The molecular weight excluding hydrogens is 176 g/mol. The van der Waals surface area contributed by atoms with Crippen LogP contribution in [0.5, 0.6) is 0 Å². The van der Waals surface area contributed by atoms with Crippen LogP contribution >= 0.6 is 0 Å². The number of amides is 2. The molecule has 0 unspecified atom stereocenters. The fraction of sp³-hybridized carbons (Fsp3) is 0.909. The number of hydrogen-bond acceptors (Lipinski definition) is 1. The van der Waals surface area contributed by atoms with Gasteiger partial charge in [0.05, 0.1) is 0 Å². The lowest BCUT2D eigenvalue weighted by molar-refractivity contribution is 0.190. The summed E-state index contributed by atoms with van der Waals surface area (Å²) in [6.45, 7) is 11.8. The smallest absolute Gasteiger partial charge is 0.317 e. The first kappa shape index (κ1) is 13.3. The third-order valence-electron chi connectivity index (χ3n) is 1.93. The molecule has 3 nitrogen and oxygen atoms in total. The molecule has 0 bridgehead atoms. The van der Waals surface area contributed by atoms with Gasteiger partial charge in [-0.1, -0.05) is 13.3 Å². The number of hydrogen-bond donors (Lipinski definition) is 1. The summed E-state index contributed by atoms with van der Waals surface area (Å²) in [5.41, 5.74) is -0.142. The molecule has 0 heterocycles. The van der Waals surface area contributed by atoms with Crippen molar-refractivity contribution in [2.75, 3.05) is 13.1 Å². The van der Waals surface area contributed by atoms with E-state index in [1.54, 1.807) is 0 Å². The molecule has 0 fully saturated rings. The maximum Gasteiger partial charge on any atom is 0.317 e. The zero-order valence-corrected chi connectivity index (χ0v) is 10.2. The summed E-state index contributed by atoms with van der Waals surface area (Å²) >= 11 is 0. The van der Waals surface area contributed by atoms with Crippen molar-refractivity contribution in [2.24, 2.45) is 0 Å². The highest BCUT2D eigenvalue weighted by Crippen LogP contribution is 2.02. The van der Waals surface area contributed by atoms with E-state index in [1.807, 2.05) is 32.6 Å². The second kappa shape index (κ2) is 5.89. The Hall–Kier alpha value is -0.730. The van der Waals surface area contributed by atoms with Crippen LogP contribution < -0.4 is 5.32 Å². The standard InChI is InChI=1S/C11H24N2O/c1-6-8-9-13(7-2)10(14)12-11(3,4)5/h6-9H2,1-5H3,(H,12,14). The number of rotatable bonds is 4. The Balaban J connectivity index is 4.04. The number of carbonyl (C=O) groups is 1. The van der Waals surface area contributed by atoms with Crippen LogP contribution in [0.2, 0.25) is 0 Å². The Morgan fingerprint density at radius 3 is 2.21 bits per heavy atom. The highest BCUT2D eigenvalue weighted by molar-refractivity contribution is 5.74. The molecule has 0 aliphatic heterocycles. The lowest BCUT2D eigenvalue weighted by Gasteiger charge is -2.27. The van der Waals surface area contributed by atoms with E-state index in [2.05, 4.69) is 12.2 Å². The summed E-state index contributed by atoms with van der Waals surface area (Å²) in [7, 11) is 0. The predicted molar refractivity (Wildman–Crippen MR) is 60.4 cm³/mol. The first-order chi connectivity index (χ1) is 6.40. The van der Waals surface area contributed by atoms with Crippen molar-refractivity contribution in [3.63, 3.8) is 0 Å². The van der Waals surface area contributed by atoms with E-state index in [0.717, 1.165) is 25.9 Å². The number of unbranched alkanes of at least 4 members (excludes halogenated alkanes) is 1. The van der Waals surface area contributed by atoms with Gasteiger partial charge >= 0.3 is 6.03 Å². The average Bonchev–Trinajstić information content (AvgIpc) is 2.02. The van der Waals surface area contributed by atoms with E-state index in [-0.39, 0.29) is 11.6 Å². The maximum absolute atomic E-state index is 11.7. The van der Waals surface area contributed by atoms with Crippen molar-refractivity contribution in [1.82, 2.24) is 10.2 Å². The molecule has 0 aromatic heterocycles. The van der Waals surface area contributed by atoms with E-state index in [4.69, 9.17) is 0 Å². The fourth-order valence-electron chi connectivity index (χ4n) is 1.15. The van der Waals surface area contributed by atoms with Gasteiger partial charge < -0.3 is 10.2 Å². The van der Waals surface area contributed by atoms with E-state index in [9.17, 15) is 4.79 Å². The Labute approximate surface area is 87.9 Å². The van der Waals surface area contributed by atoms with Gasteiger partial charge in [0.2, 0.25) is 0 Å². The SMILES string of the molecule is CCCCN(CC)C(=O)NC(C)(C)C. The van der Waals surface area contributed by atoms with Crippen LogP contribution in [-0.2, 0) is 0 Å². The van der Waals surface area contributed by atoms with Crippen molar-refractivity contribution < 1.29 is 4.79 Å². The van der Waals surface area contributed by atoms with Crippen molar-refractivity contribution in [2.45, 2.75) is 53.0 Å². The summed E-state index contributed by atoms with van der Waals surface area (Å²) in [6, 6.07) is 0.0495. The van der Waals surface area contributed by atoms with Crippen LogP contribution in [0.3, 0.4) is 0 Å². The molecule has 0 radical (unpaired) electrons. The lowest BCUT2D eigenvalue weighted by atomic mass is 10.1. The molecule has 2 amide bonds. The molecule has 1 N–H and O–H groups in total. The van der Waals surface area contributed by atoms with Crippen molar-refractivity contribution in [1.29, 1.82) is 0 Å². The Kier molecular flexibility index (Phi) is 5.58. The van der Waals surface area contributed by atoms with Gasteiger partial charge in [0, 0.05) is 18.6 Å². The molecule has 0 aliphatic rings. The Morgan fingerprint density at radius 2 is 1.86 bits per heavy atom. The highest BCUT2D eigenvalue weighted by Gasteiger charge is 2.17. The van der Waals surface area contributed by atoms with Gasteiger partial charge in [-0.15, -0.1) is 0 Å². The Bertz CT molecular complexity index is 173. The zero-order chi connectivity index (χ0) is 11.2. The number of nitrogens with zero attached hydrogens (tertiary/aromatic N) is 1. The van der Waals surface area contributed by atoms with Crippen LogP contribution in [0.4, 0.5) is 4.79 Å². The summed E-state index contributed by atoms with van der Waals surface area (Å²) in [6.07, 6.45) is 2.20. The number of nitrogens with one attached hydrogen (secondary N) is 1. The number of urea groups is 1. The minimum absolute atomic E-state index is 0.0495. The van der Waals surface area contributed by atoms with Gasteiger partial charge in [-0.05, 0) is 34.1 Å². The molecule has 14 heavy (non-hydrogen) atoms. The lowest BCUT2D eigenvalue weighted by Crippen LogP contribution is -2.48. The normalized spacial score (nSPS) is 11.2. The summed E-state index contributed by atoms with van der Waals surface area (Å²) in [4.78, 5) is 13.6. The molecule has 0 rings (SSSR count). The quantitative estimate of drug-likeness (QED) is 0.743. The first-order valence-electron chi connectivity index (χ1n) is 5.47. The van der Waals surface area contributed by atoms with Gasteiger partial charge in [0.1, 0.15) is 0 Å². The highest BCUT2D eigenvalue weighted by atomic mass is 16.2. The van der Waals surface area contributed by atoms with Gasteiger partial charge in [-0.2, -0.15) is 0 Å². The first-order valence-corrected chi connectivity index (χ1v) is 5.47. The third-order valence-corrected chi connectivity index (χ3v) is 1.93. The minimum Gasteiger partial charge on any atom is -0.333 e. The average molecular weight is 200 g/mol. The van der Waals surface area contributed by atoms with Gasteiger partial charge in [-0.3, -0.25) is 0 Å². The monoisotopic (exact) mass is 200 g/mol. The van der Waals surface area contributed by atoms with Gasteiger partial charge in [-0.25, -0.2) is 4.79 Å². The summed E-state index contributed by atoms with van der Waals surface area (Å²) in [5.74, 6) is 0. The number of carbonyl (C=O) groups excluding carboxylic acids is 1. The summed E-state index contributed by atoms with van der Waals surface area (Å²) < 4.78 is 0. The van der Waals surface area contributed by atoms with Crippen LogP contribution in [0, 0.1) is 0 Å². The van der Waals surface area contributed by atoms with Crippen LogP contribution in [0.1, 0.15) is 47.5 Å². The van der Waals surface area contributed by atoms with Crippen molar-refractivity contribution >= 4 is 6.03 Å². The molecule has 0 aromatic carbocycles. The van der Waals surface area contributed by atoms with Crippen LogP contribution in [-0.4, -0.2) is 29.6 Å². The second-order valence-electron chi connectivity index (χ2n) is 4.61. The predicted octanol–water partition coefficient (Wildman–Crippen LogP) is 2.62. The maximum atomic E-state index is 11.7. The molecule has 0 aliphatic carbocycles. The molecule has 3 heteroatoms. The van der Waals surface area contributed by atoms with Crippen molar-refractivity contribution in [3.8, 4) is 0 Å². The van der Waals surface area contributed by atoms with Crippen LogP contribution in [0.25, 0.3) is 0 Å². The van der Waals surface area contributed by atoms with Gasteiger partial charge in [0.15, 0.2) is 0 Å². The molecule has 0 aromatic rings. The van der Waals surface area contributed by atoms with E-state index < -0.39 is 0 Å². The molecule has 0 saturated carbocycles. The fourth-order valence-corrected chi connectivity index (χ4v) is 1.15. The zero-order valence-electron chi connectivity index (χ0n) is 10.2. The second-order valence-corrected chi connectivity index (χ2v) is 4.61. The summed E-state index contributed by atoms with van der Waals surface area (Å²) in [5, 5.41) is 2.97. The van der Waals surface area contributed by atoms with E-state index >= 15 is 0 Å². The molecule has 84 valence electrons. The molecule has 0 spiro atoms. The molecule has 0 atom stereocenters. The molecule has 0 saturated heterocycles. The largest absolute Gasteiger partial charge is 0.333 e.